The lowest BCUT2D eigenvalue weighted by Crippen LogP contribution is -2.30. The van der Waals surface area contributed by atoms with Crippen molar-refractivity contribution in [3.05, 3.63) is 0 Å². The Morgan fingerprint density at radius 1 is 0.800 bits per heavy atom. The van der Waals surface area contributed by atoms with Crippen LogP contribution in [0.2, 0.25) is 0 Å². The van der Waals surface area contributed by atoms with Gasteiger partial charge in [-0.3, -0.25) is 4.72 Å². The van der Waals surface area contributed by atoms with Gasteiger partial charge in [-0.1, -0.05) is 18.9 Å². The average Bonchev–Trinajstić information content (AvgIpc) is 2.21. The summed E-state index contributed by atoms with van der Waals surface area (Å²) in [6, 6.07) is 0. The van der Waals surface area contributed by atoms with Gasteiger partial charge in [-0.05, 0) is 41.5 Å². The highest BCUT2D eigenvalue weighted by molar-refractivity contribution is 8.00. The second-order valence-electron chi connectivity index (χ2n) is 6.59. The molecule has 0 atom stereocenters. The molecule has 1 aromatic heterocycles. The molecular weight excluding hydrogens is 272 g/mol. The van der Waals surface area contributed by atoms with Gasteiger partial charge in [-0.2, -0.15) is 15.0 Å². The second kappa shape index (κ2) is 6.47. The zero-order valence-corrected chi connectivity index (χ0v) is 14.3. The van der Waals surface area contributed by atoms with Crippen molar-refractivity contribution < 1.29 is 0 Å². The Hall–Kier alpha value is -1.24. The van der Waals surface area contributed by atoms with Crippen molar-refractivity contribution in [2.24, 2.45) is 0 Å². The molecule has 114 valence electrons. The molecule has 0 saturated carbocycles. The normalized spacial score (nSPS) is 12.2. The summed E-state index contributed by atoms with van der Waals surface area (Å²) in [6.45, 7) is 14.5. The molecule has 0 spiro atoms. The van der Waals surface area contributed by atoms with E-state index in [0.29, 0.717) is 17.8 Å². The molecule has 0 saturated heterocycles. The number of anilines is 3. The zero-order chi connectivity index (χ0) is 15.4. The summed E-state index contributed by atoms with van der Waals surface area (Å²) in [5.41, 5.74) is -0.203. The smallest absolute Gasteiger partial charge is 0.239 e. The maximum absolute atomic E-state index is 4.42. The van der Waals surface area contributed by atoms with Crippen LogP contribution in [0.25, 0.3) is 0 Å². The van der Waals surface area contributed by atoms with E-state index in [1.165, 1.54) is 0 Å². The van der Waals surface area contributed by atoms with Crippen LogP contribution in [-0.2, 0) is 0 Å². The first-order chi connectivity index (χ1) is 9.09. The maximum Gasteiger partial charge on any atom is 0.239 e. The molecule has 1 heterocycles. The fraction of sp³-hybridized carbons (Fsp3) is 0.769. The number of hydrogen-bond acceptors (Lipinski definition) is 7. The standard InChI is InChI=1S/C13H26N6S/c1-8-20-19-11-15-9(17-12(2,3)4)14-10(16-11)18-13(5,6)7/h8H2,1-7H3,(H3,14,15,16,17,18,19). The van der Waals surface area contributed by atoms with Gasteiger partial charge in [-0.15, -0.1) is 0 Å². The van der Waals surface area contributed by atoms with Crippen LogP contribution < -0.4 is 15.4 Å². The second-order valence-corrected chi connectivity index (χ2v) is 7.66. The monoisotopic (exact) mass is 298 g/mol. The Morgan fingerprint density at radius 3 is 1.55 bits per heavy atom. The summed E-state index contributed by atoms with van der Waals surface area (Å²) in [5.74, 6) is 2.64. The maximum atomic E-state index is 4.42. The van der Waals surface area contributed by atoms with Crippen molar-refractivity contribution in [1.82, 2.24) is 15.0 Å². The van der Waals surface area contributed by atoms with Crippen LogP contribution >= 0.6 is 11.9 Å². The summed E-state index contributed by atoms with van der Waals surface area (Å²) < 4.78 is 3.12. The average molecular weight is 298 g/mol. The van der Waals surface area contributed by atoms with Gasteiger partial charge in [0.1, 0.15) is 0 Å². The SMILES string of the molecule is CCSNc1nc(NC(C)(C)C)nc(NC(C)(C)C)n1. The minimum atomic E-state index is -0.102. The van der Waals surface area contributed by atoms with Crippen LogP contribution in [0, 0.1) is 0 Å². The topological polar surface area (TPSA) is 74.8 Å². The molecule has 0 aliphatic rings. The highest BCUT2D eigenvalue weighted by atomic mass is 32.2. The van der Waals surface area contributed by atoms with E-state index in [1.807, 2.05) is 0 Å². The minimum Gasteiger partial charge on any atom is -0.349 e. The van der Waals surface area contributed by atoms with Crippen molar-refractivity contribution in [2.45, 2.75) is 59.5 Å². The van der Waals surface area contributed by atoms with Crippen LogP contribution in [0.4, 0.5) is 17.8 Å². The highest BCUT2D eigenvalue weighted by Gasteiger charge is 2.16. The van der Waals surface area contributed by atoms with Gasteiger partial charge in [0.2, 0.25) is 17.8 Å². The summed E-state index contributed by atoms with van der Waals surface area (Å²) in [4.78, 5) is 13.2. The third-order valence-electron chi connectivity index (χ3n) is 1.92. The fourth-order valence-electron chi connectivity index (χ4n) is 1.34. The molecular formula is C13H26N6S. The van der Waals surface area contributed by atoms with Crippen LogP contribution in [0.1, 0.15) is 48.5 Å². The van der Waals surface area contributed by atoms with E-state index in [0.717, 1.165) is 5.75 Å². The quantitative estimate of drug-likeness (QED) is 0.719. The molecule has 0 bridgehead atoms. The van der Waals surface area contributed by atoms with E-state index in [1.54, 1.807) is 11.9 Å². The predicted octanol–water partition coefficient (Wildman–Crippen LogP) is 3.37. The van der Waals surface area contributed by atoms with E-state index in [2.05, 4.69) is 78.8 Å². The molecule has 1 rings (SSSR count). The molecule has 0 radical (unpaired) electrons. The molecule has 3 N–H and O–H groups in total. The minimum absolute atomic E-state index is 0.102. The number of hydrogen-bond donors (Lipinski definition) is 3. The number of nitrogens with zero attached hydrogens (tertiary/aromatic N) is 3. The van der Waals surface area contributed by atoms with Crippen molar-refractivity contribution in [3.8, 4) is 0 Å². The molecule has 0 aliphatic heterocycles. The van der Waals surface area contributed by atoms with Crippen LogP contribution in [0.3, 0.4) is 0 Å². The Morgan fingerprint density at radius 2 is 1.20 bits per heavy atom. The van der Waals surface area contributed by atoms with Gasteiger partial charge in [0.05, 0.1) is 0 Å². The third-order valence-corrected chi connectivity index (χ3v) is 2.53. The molecule has 0 fully saturated rings. The Bertz CT molecular complexity index is 401. The van der Waals surface area contributed by atoms with E-state index < -0.39 is 0 Å². The number of aromatic nitrogens is 3. The van der Waals surface area contributed by atoms with E-state index in [9.17, 15) is 0 Å². The molecule has 0 amide bonds. The summed E-state index contributed by atoms with van der Waals surface area (Å²) >= 11 is 1.56. The molecule has 6 nitrogen and oxygen atoms in total. The number of rotatable bonds is 5. The Balaban J connectivity index is 3.01. The lowest BCUT2D eigenvalue weighted by atomic mass is 10.1. The van der Waals surface area contributed by atoms with E-state index in [-0.39, 0.29) is 11.1 Å². The summed E-state index contributed by atoms with van der Waals surface area (Å²) in [7, 11) is 0. The zero-order valence-electron chi connectivity index (χ0n) is 13.5. The summed E-state index contributed by atoms with van der Waals surface area (Å²) in [6.07, 6.45) is 0. The first kappa shape index (κ1) is 16.8. The first-order valence-electron chi connectivity index (χ1n) is 6.79. The molecule has 0 unspecified atom stereocenters. The predicted molar refractivity (Wildman–Crippen MR) is 88.3 cm³/mol. The van der Waals surface area contributed by atoms with Gasteiger partial charge >= 0.3 is 0 Å². The first-order valence-corrected chi connectivity index (χ1v) is 7.78. The Kier molecular flexibility index (Phi) is 5.44. The van der Waals surface area contributed by atoms with Crippen molar-refractivity contribution in [3.63, 3.8) is 0 Å². The van der Waals surface area contributed by atoms with Gasteiger partial charge in [0, 0.05) is 16.8 Å². The largest absolute Gasteiger partial charge is 0.349 e. The lowest BCUT2D eigenvalue weighted by molar-refractivity contribution is 0.617. The lowest BCUT2D eigenvalue weighted by Gasteiger charge is -2.23. The van der Waals surface area contributed by atoms with Crippen LogP contribution in [0.15, 0.2) is 0 Å². The molecule has 0 aliphatic carbocycles. The van der Waals surface area contributed by atoms with Gasteiger partial charge < -0.3 is 10.6 Å². The third kappa shape index (κ3) is 6.79. The van der Waals surface area contributed by atoms with E-state index in [4.69, 9.17) is 0 Å². The van der Waals surface area contributed by atoms with Crippen molar-refractivity contribution in [2.75, 3.05) is 21.1 Å². The summed E-state index contributed by atoms with van der Waals surface area (Å²) in [5, 5.41) is 6.55. The highest BCUT2D eigenvalue weighted by Crippen LogP contribution is 2.18. The molecule has 0 aromatic carbocycles. The van der Waals surface area contributed by atoms with Gasteiger partial charge in [-0.25, -0.2) is 0 Å². The van der Waals surface area contributed by atoms with Gasteiger partial charge in [0.15, 0.2) is 0 Å². The molecule has 20 heavy (non-hydrogen) atoms. The van der Waals surface area contributed by atoms with Crippen LogP contribution in [-0.4, -0.2) is 31.8 Å². The fourth-order valence-corrected chi connectivity index (χ4v) is 1.71. The van der Waals surface area contributed by atoms with Gasteiger partial charge in [0.25, 0.3) is 0 Å². The van der Waals surface area contributed by atoms with Crippen LogP contribution in [0.5, 0.6) is 0 Å². The van der Waals surface area contributed by atoms with E-state index >= 15 is 0 Å². The van der Waals surface area contributed by atoms with Crippen molar-refractivity contribution in [1.29, 1.82) is 0 Å². The number of nitrogens with one attached hydrogen (secondary N) is 3. The van der Waals surface area contributed by atoms with Crippen molar-refractivity contribution >= 4 is 29.8 Å². The Labute approximate surface area is 126 Å². The molecule has 7 heteroatoms. The molecule has 1 aromatic rings.